The quantitative estimate of drug-likeness (QED) is 0.430. The number of anilines is 1. The van der Waals surface area contributed by atoms with Crippen LogP contribution >= 0.6 is 11.3 Å². The van der Waals surface area contributed by atoms with Crippen LogP contribution < -0.4 is 10.6 Å². The van der Waals surface area contributed by atoms with Crippen molar-refractivity contribution in [2.24, 2.45) is 5.92 Å². The predicted molar refractivity (Wildman–Crippen MR) is 129 cm³/mol. The van der Waals surface area contributed by atoms with Crippen LogP contribution in [0.5, 0.6) is 0 Å². The van der Waals surface area contributed by atoms with Gasteiger partial charge < -0.3 is 15.2 Å². The minimum Gasteiger partial charge on any atom is -0.480 e. The summed E-state index contributed by atoms with van der Waals surface area (Å²) in [5.41, 5.74) is 4.53. The van der Waals surface area contributed by atoms with Gasteiger partial charge in [0.1, 0.15) is 18.3 Å². The average molecular weight is 480 g/mol. The number of amides is 2. The Morgan fingerprint density at radius 3 is 2.29 bits per heavy atom. The number of carbonyl (C=O) groups excluding carboxylic acids is 2. The summed E-state index contributed by atoms with van der Waals surface area (Å²) < 4.78 is 5.49. The molecule has 0 aliphatic heterocycles. The number of nitrogens with zero attached hydrogens (tertiary/aromatic N) is 1. The lowest BCUT2D eigenvalue weighted by molar-refractivity contribution is -0.140. The van der Waals surface area contributed by atoms with E-state index in [0.29, 0.717) is 6.42 Å². The molecular weight excluding hydrogens is 454 g/mol. The van der Waals surface area contributed by atoms with Crippen LogP contribution in [0.15, 0.2) is 53.9 Å². The van der Waals surface area contributed by atoms with Crippen molar-refractivity contribution in [3.63, 3.8) is 0 Å². The summed E-state index contributed by atoms with van der Waals surface area (Å²) >= 11 is 1.06. The third-order valence-electron chi connectivity index (χ3n) is 6.06. The SMILES string of the molecule is CCC(C)C(NC(=O)c1csc(NC(=O)OCC2c3ccccc3-c3ccccc32)n1)C(=O)O. The molecule has 2 unspecified atom stereocenters. The zero-order chi connectivity index (χ0) is 24.2. The van der Waals surface area contributed by atoms with Crippen molar-refractivity contribution in [1.29, 1.82) is 0 Å². The van der Waals surface area contributed by atoms with E-state index in [0.717, 1.165) is 33.6 Å². The maximum absolute atomic E-state index is 12.4. The van der Waals surface area contributed by atoms with Crippen molar-refractivity contribution in [1.82, 2.24) is 10.3 Å². The Labute approximate surface area is 201 Å². The summed E-state index contributed by atoms with van der Waals surface area (Å²) in [6, 6.07) is 15.1. The lowest BCUT2D eigenvalue weighted by Gasteiger charge is -2.19. The predicted octanol–water partition coefficient (Wildman–Crippen LogP) is 4.73. The fourth-order valence-corrected chi connectivity index (χ4v) is 4.73. The minimum absolute atomic E-state index is 0.0356. The normalized spacial score (nSPS) is 13.9. The Balaban J connectivity index is 1.37. The van der Waals surface area contributed by atoms with Crippen molar-refractivity contribution >= 4 is 34.4 Å². The number of fused-ring (bicyclic) bond motifs is 3. The molecule has 0 saturated carbocycles. The molecule has 0 spiro atoms. The second-order valence-corrected chi connectivity index (χ2v) is 9.02. The second-order valence-electron chi connectivity index (χ2n) is 8.16. The molecule has 9 heteroatoms. The molecule has 8 nitrogen and oxygen atoms in total. The Bertz CT molecular complexity index is 1180. The van der Waals surface area contributed by atoms with Crippen LogP contribution in [0.4, 0.5) is 9.93 Å². The summed E-state index contributed by atoms with van der Waals surface area (Å²) in [7, 11) is 0. The van der Waals surface area contributed by atoms with Crippen molar-refractivity contribution in [2.45, 2.75) is 32.2 Å². The molecule has 2 aromatic carbocycles. The molecule has 2 amide bonds. The molecular formula is C25H25N3O5S. The maximum Gasteiger partial charge on any atom is 0.413 e. The Hall–Kier alpha value is -3.72. The Kier molecular flexibility index (Phi) is 6.93. The van der Waals surface area contributed by atoms with E-state index in [1.165, 1.54) is 5.38 Å². The van der Waals surface area contributed by atoms with Gasteiger partial charge in [-0.2, -0.15) is 0 Å². The monoisotopic (exact) mass is 479 g/mol. The average Bonchev–Trinajstić information content (AvgIpc) is 3.43. The molecule has 1 heterocycles. The van der Waals surface area contributed by atoms with E-state index in [1.54, 1.807) is 6.92 Å². The van der Waals surface area contributed by atoms with Gasteiger partial charge in [-0.1, -0.05) is 68.8 Å². The van der Waals surface area contributed by atoms with Gasteiger partial charge in [0, 0.05) is 11.3 Å². The number of carboxylic acid groups (broad SMARTS) is 1. The molecule has 176 valence electrons. The van der Waals surface area contributed by atoms with Crippen LogP contribution in [-0.4, -0.2) is 40.7 Å². The first-order valence-corrected chi connectivity index (χ1v) is 11.9. The molecule has 0 radical (unpaired) electrons. The summed E-state index contributed by atoms with van der Waals surface area (Å²) in [5, 5.41) is 16.1. The highest BCUT2D eigenvalue weighted by Gasteiger charge is 2.29. The number of nitrogens with one attached hydrogen (secondary N) is 2. The van der Waals surface area contributed by atoms with E-state index in [1.807, 2.05) is 43.3 Å². The molecule has 0 fully saturated rings. The largest absolute Gasteiger partial charge is 0.480 e. The molecule has 1 aliphatic carbocycles. The number of benzene rings is 2. The zero-order valence-electron chi connectivity index (χ0n) is 18.8. The van der Waals surface area contributed by atoms with Gasteiger partial charge in [0.25, 0.3) is 5.91 Å². The fourth-order valence-electron chi connectivity index (χ4n) is 4.06. The van der Waals surface area contributed by atoms with Crippen molar-refractivity contribution < 1.29 is 24.2 Å². The summed E-state index contributed by atoms with van der Waals surface area (Å²) in [4.78, 5) is 40.4. The van der Waals surface area contributed by atoms with E-state index in [2.05, 4.69) is 27.8 Å². The van der Waals surface area contributed by atoms with Gasteiger partial charge in [0.2, 0.25) is 0 Å². The molecule has 1 aromatic heterocycles. The number of ether oxygens (including phenoxy) is 1. The molecule has 34 heavy (non-hydrogen) atoms. The molecule has 0 saturated heterocycles. The zero-order valence-corrected chi connectivity index (χ0v) is 19.6. The first-order valence-electron chi connectivity index (χ1n) is 11.0. The number of hydrogen-bond acceptors (Lipinski definition) is 6. The van der Waals surface area contributed by atoms with Gasteiger partial charge >= 0.3 is 12.1 Å². The third kappa shape index (κ3) is 4.79. The van der Waals surface area contributed by atoms with E-state index in [9.17, 15) is 19.5 Å². The third-order valence-corrected chi connectivity index (χ3v) is 6.81. The van der Waals surface area contributed by atoms with Crippen LogP contribution in [0.3, 0.4) is 0 Å². The number of hydrogen-bond donors (Lipinski definition) is 3. The van der Waals surface area contributed by atoms with E-state index in [-0.39, 0.29) is 29.3 Å². The number of carboxylic acids is 1. The summed E-state index contributed by atoms with van der Waals surface area (Å²) in [5.74, 6) is -2.01. The van der Waals surface area contributed by atoms with Gasteiger partial charge in [0.05, 0.1) is 0 Å². The van der Waals surface area contributed by atoms with Crippen LogP contribution in [0, 0.1) is 5.92 Å². The second kappa shape index (κ2) is 10.0. The Morgan fingerprint density at radius 1 is 1.09 bits per heavy atom. The van der Waals surface area contributed by atoms with E-state index >= 15 is 0 Å². The minimum atomic E-state index is -1.10. The van der Waals surface area contributed by atoms with Gasteiger partial charge in [-0.15, -0.1) is 11.3 Å². The molecule has 0 bridgehead atoms. The van der Waals surface area contributed by atoms with Crippen molar-refractivity contribution in [3.8, 4) is 11.1 Å². The molecule has 3 aromatic rings. The fraction of sp³-hybridized carbons (Fsp3) is 0.280. The van der Waals surface area contributed by atoms with Crippen molar-refractivity contribution in [3.05, 3.63) is 70.7 Å². The first-order chi connectivity index (χ1) is 16.4. The highest BCUT2D eigenvalue weighted by molar-refractivity contribution is 7.14. The topological polar surface area (TPSA) is 118 Å². The first kappa shape index (κ1) is 23.4. The van der Waals surface area contributed by atoms with Crippen molar-refractivity contribution in [2.75, 3.05) is 11.9 Å². The van der Waals surface area contributed by atoms with Crippen LogP contribution in [0.1, 0.15) is 47.8 Å². The number of thiazole rings is 1. The number of aliphatic carboxylic acids is 1. The molecule has 1 aliphatic rings. The lowest BCUT2D eigenvalue weighted by atomic mass is 9.98. The van der Waals surface area contributed by atoms with Crippen LogP contribution in [0.25, 0.3) is 11.1 Å². The maximum atomic E-state index is 12.4. The highest BCUT2D eigenvalue weighted by atomic mass is 32.1. The molecule has 3 N–H and O–H groups in total. The van der Waals surface area contributed by atoms with E-state index in [4.69, 9.17) is 4.74 Å². The number of aromatic nitrogens is 1. The highest BCUT2D eigenvalue weighted by Crippen LogP contribution is 2.44. The number of rotatable bonds is 8. The standard InChI is InChI=1S/C25H25N3O5S/c1-3-14(2)21(23(30)31)27-22(29)20-13-34-24(26-20)28-25(32)33-12-19-17-10-6-4-8-15(17)16-9-5-7-11-18(16)19/h4-11,13-14,19,21H,3,12H2,1-2H3,(H,27,29)(H,30,31)(H,26,28,32). The molecule has 4 rings (SSSR count). The summed E-state index contributed by atoms with van der Waals surface area (Å²) in [6.45, 7) is 3.77. The van der Waals surface area contributed by atoms with Crippen LogP contribution in [-0.2, 0) is 9.53 Å². The van der Waals surface area contributed by atoms with Gasteiger partial charge in [-0.3, -0.25) is 10.1 Å². The lowest BCUT2D eigenvalue weighted by Crippen LogP contribution is -2.45. The summed E-state index contributed by atoms with van der Waals surface area (Å²) in [6.07, 6.45) is -0.0747. The smallest absolute Gasteiger partial charge is 0.413 e. The van der Waals surface area contributed by atoms with Gasteiger partial charge in [0.15, 0.2) is 5.13 Å². The Morgan fingerprint density at radius 2 is 1.71 bits per heavy atom. The molecule has 2 atom stereocenters. The van der Waals surface area contributed by atoms with Crippen LogP contribution in [0.2, 0.25) is 0 Å². The van der Waals surface area contributed by atoms with Gasteiger partial charge in [-0.25, -0.2) is 14.6 Å². The van der Waals surface area contributed by atoms with E-state index < -0.39 is 24.0 Å². The van der Waals surface area contributed by atoms with Gasteiger partial charge in [-0.05, 0) is 28.2 Å². The number of carbonyl (C=O) groups is 3.